The zero-order valence-corrected chi connectivity index (χ0v) is 14.4. The van der Waals surface area contributed by atoms with E-state index in [0.717, 1.165) is 37.3 Å². The Bertz CT molecular complexity index is 700. The summed E-state index contributed by atoms with van der Waals surface area (Å²) in [7, 11) is 0. The molecule has 2 unspecified atom stereocenters. The highest BCUT2D eigenvalue weighted by molar-refractivity contribution is 6.31. The van der Waals surface area contributed by atoms with E-state index >= 15 is 0 Å². The van der Waals surface area contributed by atoms with Gasteiger partial charge in [0.1, 0.15) is 12.2 Å². The van der Waals surface area contributed by atoms with Crippen molar-refractivity contribution >= 4 is 11.6 Å². The Hall–Kier alpha value is -1.43. The van der Waals surface area contributed by atoms with E-state index in [2.05, 4.69) is 19.7 Å². The van der Waals surface area contributed by atoms with Gasteiger partial charge in [-0.2, -0.15) is 0 Å². The lowest BCUT2D eigenvalue weighted by Crippen LogP contribution is -2.38. The highest BCUT2D eigenvalue weighted by atomic mass is 35.5. The molecule has 0 amide bonds. The first-order chi connectivity index (χ1) is 11.7. The third-order valence-corrected chi connectivity index (χ3v) is 5.45. The number of aromatic nitrogens is 3. The number of aliphatic hydroxyl groups is 1. The minimum absolute atomic E-state index is 0.403. The maximum Gasteiger partial charge on any atom is 0.137 e. The Morgan fingerprint density at radius 2 is 2.08 bits per heavy atom. The molecule has 6 heteroatoms. The molecule has 2 aromatic rings. The first-order valence-corrected chi connectivity index (χ1v) is 9.14. The van der Waals surface area contributed by atoms with Crippen molar-refractivity contribution in [3.63, 3.8) is 0 Å². The molecule has 1 aromatic carbocycles. The maximum absolute atomic E-state index is 10.6. The van der Waals surface area contributed by atoms with Crippen LogP contribution in [0.1, 0.15) is 55.1 Å². The van der Waals surface area contributed by atoms with E-state index in [1.165, 1.54) is 12.8 Å². The number of rotatable bonds is 5. The lowest BCUT2D eigenvalue weighted by molar-refractivity contribution is 0.0941. The van der Waals surface area contributed by atoms with Gasteiger partial charge in [-0.25, -0.2) is 0 Å². The average molecular weight is 347 g/mol. The second-order valence-electron chi connectivity index (χ2n) is 6.96. The van der Waals surface area contributed by atoms with Crippen LogP contribution in [-0.4, -0.2) is 44.4 Å². The monoisotopic (exact) mass is 346 g/mol. The van der Waals surface area contributed by atoms with Gasteiger partial charge in [0.15, 0.2) is 0 Å². The van der Waals surface area contributed by atoms with Crippen molar-refractivity contribution in [2.75, 3.05) is 19.6 Å². The zero-order chi connectivity index (χ0) is 16.5. The van der Waals surface area contributed by atoms with Crippen LogP contribution in [0.4, 0.5) is 0 Å². The van der Waals surface area contributed by atoms with Crippen LogP contribution in [0.3, 0.4) is 0 Å². The summed E-state index contributed by atoms with van der Waals surface area (Å²) in [6.45, 7) is 2.54. The van der Waals surface area contributed by atoms with Gasteiger partial charge in [0.25, 0.3) is 0 Å². The molecule has 1 aromatic heterocycles. The van der Waals surface area contributed by atoms with Gasteiger partial charge in [0.2, 0.25) is 0 Å². The molecule has 24 heavy (non-hydrogen) atoms. The number of nitrogens with zero attached hydrogens (tertiary/aromatic N) is 4. The summed E-state index contributed by atoms with van der Waals surface area (Å²) in [4.78, 5) is 2.33. The number of benzene rings is 1. The summed E-state index contributed by atoms with van der Waals surface area (Å²) < 4.78 is 2.26. The van der Waals surface area contributed by atoms with E-state index in [1.807, 2.05) is 30.6 Å². The minimum atomic E-state index is -0.557. The first kappa shape index (κ1) is 16.1. The van der Waals surface area contributed by atoms with E-state index in [-0.39, 0.29) is 0 Å². The van der Waals surface area contributed by atoms with Crippen molar-refractivity contribution in [2.45, 2.75) is 43.7 Å². The lowest BCUT2D eigenvalue weighted by atomic mass is 9.96. The summed E-state index contributed by atoms with van der Waals surface area (Å²) in [5.41, 5.74) is 0.808. The average Bonchev–Trinajstić information content (AvgIpc) is 3.32. The molecule has 2 heterocycles. The number of halogens is 1. The fraction of sp³-hybridized carbons (Fsp3) is 0.556. The van der Waals surface area contributed by atoms with Gasteiger partial charge in [-0.15, -0.1) is 10.2 Å². The summed E-state index contributed by atoms with van der Waals surface area (Å²) >= 11 is 6.21. The van der Waals surface area contributed by atoms with E-state index in [0.29, 0.717) is 23.5 Å². The van der Waals surface area contributed by atoms with Crippen molar-refractivity contribution in [1.82, 2.24) is 19.7 Å². The Morgan fingerprint density at radius 1 is 1.25 bits per heavy atom. The van der Waals surface area contributed by atoms with E-state index in [1.54, 1.807) is 0 Å². The van der Waals surface area contributed by atoms with Gasteiger partial charge in [-0.3, -0.25) is 4.90 Å². The molecular weight excluding hydrogens is 324 g/mol. The van der Waals surface area contributed by atoms with Crippen LogP contribution >= 0.6 is 11.6 Å². The van der Waals surface area contributed by atoms with Gasteiger partial charge in [0.05, 0.1) is 6.10 Å². The van der Waals surface area contributed by atoms with Crippen molar-refractivity contribution in [3.8, 4) is 0 Å². The quantitative estimate of drug-likeness (QED) is 0.903. The Labute approximate surface area is 147 Å². The van der Waals surface area contributed by atoms with Gasteiger partial charge in [0, 0.05) is 35.6 Å². The molecule has 0 radical (unpaired) electrons. The summed E-state index contributed by atoms with van der Waals surface area (Å²) in [6.07, 6.45) is 6.07. The summed E-state index contributed by atoms with van der Waals surface area (Å²) in [5, 5.41) is 19.7. The first-order valence-electron chi connectivity index (χ1n) is 8.76. The van der Waals surface area contributed by atoms with Crippen molar-refractivity contribution in [2.24, 2.45) is 0 Å². The zero-order valence-electron chi connectivity index (χ0n) is 13.7. The highest BCUT2D eigenvalue weighted by Gasteiger charge is 2.31. The molecule has 1 saturated heterocycles. The van der Waals surface area contributed by atoms with Crippen molar-refractivity contribution in [1.29, 1.82) is 0 Å². The molecule has 2 atom stereocenters. The Morgan fingerprint density at radius 3 is 2.88 bits per heavy atom. The highest BCUT2D eigenvalue weighted by Crippen LogP contribution is 2.38. The number of piperidine rings is 1. The molecule has 4 rings (SSSR count). The van der Waals surface area contributed by atoms with Crippen LogP contribution in [0, 0.1) is 0 Å². The molecule has 128 valence electrons. The SMILES string of the molecule is OC(CN1CCCC(c2nncn2C2CC2)C1)c1ccccc1Cl. The molecule has 5 nitrogen and oxygen atoms in total. The van der Waals surface area contributed by atoms with Gasteiger partial charge < -0.3 is 9.67 Å². The molecule has 0 spiro atoms. The molecular formula is C18H23ClN4O. The molecule has 1 aliphatic heterocycles. The van der Waals surface area contributed by atoms with Gasteiger partial charge >= 0.3 is 0 Å². The fourth-order valence-electron chi connectivity index (χ4n) is 3.70. The topological polar surface area (TPSA) is 54.2 Å². The minimum Gasteiger partial charge on any atom is -0.387 e. The molecule has 0 bridgehead atoms. The molecule has 2 aliphatic rings. The number of hydrogen-bond donors (Lipinski definition) is 1. The Balaban J connectivity index is 1.43. The van der Waals surface area contributed by atoms with Crippen LogP contribution in [0.5, 0.6) is 0 Å². The molecule has 1 N–H and O–H groups in total. The summed E-state index contributed by atoms with van der Waals surface area (Å²) in [6, 6.07) is 8.15. The van der Waals surface area contributed by atoms with E-state index in [9.17, 15) is 5.11 Å². The molecule has 1 aliphatic carbocycles. The van der Waals surface area contributed by atoms with Crippen LogP contribution in [-0.2, 0) is 0 Å². The second kappa shape index (κ2) is 6.82. The van der Waals surface area contributed by atoms with E-state index in [4.69, 9.17) is 11.6 Å². The predicted molar refractivity (Wildman–Crippen MR) is 93.1 cm³/mol. The predicted octanol–water partition coefficient (Wildman–Crippen LogP) is 3.18. The van der Waals surface area contributed by atoms with Crippen LogP contribution < -0.4 is 0 Å². The normalized spacial score (nSPS) is 23.3. The van der Waals surface area contributed by atoms with Gasteiger partial charge in [-0.05, 0) is 38.3 Å². The smallest absolute Gasteiger partial charge is 0.137 e. The lowest BCUT2D eigenvalue weighted by Gasteiger charge is -2.33. The fourth-order valence-corrected chi connectivity index (χ4v) is 3.96. The third kappa shape index (κ3) is 3.34. The molecule has 2 fully saturated rings. The van der Waals surface area contributed by atoms with Gasteiger partial charge in [-0.1, -0.05) is 29.8 Å². The number of hydrogen-bond acceptors (Lipinski definition) is 4. The number of likely N-dealkylation sites (tertiary alicyclic amines) is 1. The van der Waals surface area contributed by atoms with Crippen molar-refractivity contribution in [3.05, 3.63) is 47.0 Å². The largest absolute Gasteiger partial charge is 0.387 e. The third-order valence-electron chi connectivity index (χ3n) is 5.11. The van der Waals surface area contributed by atoms with Crippen LogP contribution in [0.15, 0.2) is 30.6 Å². The van der Waals surface area contributed by atoms with Crippen LogP contribution in [0.25, 0.3) is 0 Å². The van der Waals surface area contributed by atoms with Crippen LogP contribution in [0.2, 0.25) is 5.02 Å². The molecule has 1 saturated carbocycles. The standard InChI is InChI=1S/C18H23ClN4O/c19-16-6-2-1-5-15(16)17(24)11-22-9-3-4-13(10-22)18-21-20-12-23(18)14-7-8-14/h1-2,5-6,12-14,17,24H,3-4,7-11H2. The second-order valence-corrected chi connectivity index (χ2v) is 7.37. The maximum atomic E-state index is 10.6. The summed E-state index contributed by atoms with van der Waals surface area (Å²) in [5.74, 6) is 1.52. The number of β-amino-alcohol motifs (C(OH)–C–C–N with tert-alkyl or cyclic N) is 1. The number of aliphatic hydroxyl groups excluding tert-OH is 1. The van der Waals surface area contributed by atoms with E-state index < -0.39 is 6.10 Å². The Kier molecular flexibility index (Phi) is 4.57. The van der Waals surface area contributed by atoms with Crippen molar-refractivity contribution < 1.29 is 5.11 Å².